The van der Waals surface area contributed by atoms with E-state index >= 15 is 0 Å². The lowest BCUT2D eigenvalue weighted by molar-refractivity contribution is -0.117. The molecule has 1 aliphatic rings. The molecule has 2 aromatic carbocycles. The Bertz CT molecular complexity index is 634. The number of amides is 1. The van der Waals surface area contributed by atoms with Crippen LogP contribution in [0.2, 0.25) is 0 Å². The first-order chi connectivity index (χ1) is 9.13. The molecule has 96 valence electrons. The Kier molecular flexibility index (Phi) is 3.15. The molecule has 1 heterocycles. The van der Waals surface area contributed by atoms with Gasteiger partial charge in [-0.1, -0.05) is 45.8 Å². The Morgan fingerprint density at radius 2 is 1.89 bits per heavy atom. The number of aryl methyl sites for hydroxylation is 1. The molecular formula is C16H14BrNO. The average Bonchev–Trinajstić information content (AvgIpc) is 2.69. The van der Waals surface area contributed by atoms with E-state index in [0.717, 1.165) is 22.1 Å². The first-order valence-corrected chi connectivity index (χ1v) is 7.08. The van der Waals surface area contributed by atoms with E-state index in [9.17, 15) is 4.79 Å². The van der Waals surface area contributed by atoms with E-state index in [1.807, 2.05) is 18.2 Å². The normalized spacial score (nSPS) is 17.2. The zero-order valence-electron chi connectivity index (χ0n) is 10.6. The Morgan fingerprint density at radius 3 is 2.63 bits per heavy atom. The number of anilines is 1. The maximum Gasteiger partial charge on any atom is 0.232 e. The second-order valence-corrected chi connectivity index (χ2v) is 5.88. The number of rotatable bonds is 2. The molecule has 2 aromatic rings. The largest absolute Gasteiger partial charge is 0.325 e. The van der Waals surface area contributed by atoms with Gasteiger partial charge in [0.15, 0.2) is 0 Å². The van der Waals surface area contributed by atoms with Gasteiger partial charge in [0, 0.05) is 10.2 Å². The van der Waals surface area contributed by atoms with Crippen molar-refractivity contribution in [3.63, 3.8) is 0 Å². The quantitative estimate of drug-likeness (QED) is 0.890. The van der Waals surface area contributed by atoms with Gasteiger partial charge in [0.1, 0.15) is 0 Å². The average molecular weight is 316 g/mol. The summed E-state index contributed by atoms with van der Waals surface area (Å²) in [4.78, 5) is 12.1. The van der Waals surface area contributed by atoms with Crippen molar-refractivity contribution < 1.29 is 4.79 Å². The molecule has 3 heteroatoms. The topological polar surface area (TPSA) is 29.1 Å². The summed E-state index contributed by atoms with van der Waals surface area (Å²) in [5.41, 5.74) is 4.45. The Morgan fingerprint density at radius 1 is 1.16 bits per heavy atom. The van der Waals surface area contributed by atoms with Crippen LogP contribution in [-0.2, 0) is 11.2 Å². The molecule has 2 nitrogen and oxygen atoms in total. The molecule has 0 unspecified atom stereocenters. The number of nitrogens with one attached hydrogen (secondary N) is 1. The van der Waals surface area contributed by atoms with E-state index in [-0.39, 0.29) is 11.8 Å². The van der Waals surface area contributed by atoms with Crippen molar-refractivity contribution in [3.8, 4) is 0 Å². The van der Waals surface area contributed by atoms with Gasteiger partial charge in [0.2, 0.25) is 5.91 Å². The number of carbonyl (C=O) groups is 1. The minimum atomic E-state index is -0.0878. The molecule has 0 fully saturated rings. The van der Waals surface area contributed by atoms with Crippen LogP contribution in [0.4, 0.5) is 5.69 Å². The number of hydrogen-bond acceptors (Lipinski definition) is 1. The van der Waals surface area contributed by atoms with Crippen LogP contribution in [0.3, 0.4) is 0 Å². The third-order valence-corrected chi connectivity index (χ3v) is 4.02. The molecule has 0 radical (unpaired) electrons. The lowest BCUT2D eigenvalue weighted by Crippen LogP contribution is -2.14. The molecule has 1 N–H and O–H groups in total. The highest BCUT2D eigenvalue weighted by molar-refractivity contribution is 9.10. The minimum absolute atomic E-state index is 0.0878. The molecule has 0 saturated carbocycles. The molecule has 19 heavy (non-hydrogen) atoms. The number of benzene rings is 2. The highest BCUT2D eigenvalue weighted by atomic mass is 79.9. The van der Waals surface area contributed by atoms with Gasteiger partial charge in [-0.25, -0.2) is 0 Å². The van der Waals surface area contributed by atoms with Gasteiger partial charge >= 0.3 is 0 Å². The monoisotopic (exact) mass is 315 g/mol. The van der Waals surface area contributed by atoms with Gasteiger partial charge in [-0.2, -0.15) is 0 Å². The predicted molar refractivity (Wildman–Crippen MR) is 80.4 cm³/mol. The first kappa shape index (κ1) is 12.4. The van der Waals surface area contributed by atoms with E-state index in [1.54, 1.807) is 0 Å². The first-order valence-electron chi connectivity index (χ1n) is 6.29. The Labute approximate surface area is 121 Å². The van der Waals surface area contributed by atoms with Gasteiger partial charge in [0.05, 0.1) is 5.92 Å². The molecule has 3 rings (SSSR count). The number of halogens is 1. The summed E-state index contributed by atoms with van der Waals surface area (Å²) in [6.45, 7) is 2.07. The van der Waals surface area contributed by atoms with Crippen LogP contribution in [0.1, 0.15) is 22.6 Å². The van der Waals surface area contributed by atoms with E-state index in [2.05, 4.69) is 52.4 Å². The number of hydrogen-bond donors (Lipinski definition) is 1. The summed E-state index contributed by atoms with van der Waals surface area (Å²) in [5, 5.41) is 2.95. The smallest absolute Gasteiger partial charge is 0.232 e. The van der Waals surface area contributed by atoms with Crippen molar-refractivity contribution in [1.82, 2.24) is 0 Å². The van der Waals surface area contributed by atoms with Gasteiger partial charge in [-0.3, -0.25) is 4.79 Å². The van der Waals surface area contributed by atoms with Crippen molar-refractivity contribution in [3.05, 3.63) is 63.6 Å². The predicted octanol–water partition coefficient (Wildman–Crippen LogP) is 4.04. The SMILES string of the molecule is Cc1ccc(C[C@H]2C(=O)Nc3ccc(Br)cc32)cc1. The van der Waals surface area contributed by atoms with Crippen LogP contribution in [0.5, 0.6) is 0 Å². The molecular weight excluding hydrogens is 302 g/mol. The Hall–Kier alpha value is -1.61. The van der Waals surface area contributed by atoms with Crippen molar-refractivity contribution in [2.24, 2.45) is 0 Å². The van der Waals surface area contributed by atoms with Crippen molar-refractivity contribution >= 4 is 27.5 Å². The van der Waals surface area contributed by atoms with E-state index < -0.39 is 0 Å². The maximum atomic E-state index is 12.1. The highest BCUT2D eigenvalue weighted by Crippen LogP contribution is 2.36. The van der Waals surface area contributed by atoms with Crippen LogP contribution in [0.25, 0.3) is 0 Å². The summed E-state index contributed by atoms with van der Waals surface area (Å²) in [7, 11) is 0. The van der Waals surface area contributed by atoms with Crippen LogP contribution in [0.15, 0.2) is 46.9 Å². The van der Waals surface area contributed by atoms with E-state index in [4.69, 9.17) is 0 Å². The van der Waals surface area contributed by atoms with Gasteiger partial charge in [-0.15, -0.1) is 0 Å². The molecule has 1 atom stereocenters. The second kappa shape index (κ2) is 4.82. The zero-order valence-corrected chi connectivity index (χ0v) is 12.2. The zero-order chi connectivity index (χ0) is 13.4. The third kappa shape index (κ3) is 2.43. The molecule has 0 aromatic heterocycles. The fraction of sp³-hybridized carbons (Fsp3) is 0.188. The van der Waals surface area contributed by atoms with Crippen LogP contribution in [-0.4, -0.2) is 5.91 Å². The highest BCUT2D eigenvalue weighted by Gasteiger charge is 2.30. The lowest BCUT2D eigenvalue weighted by atomic mass is 9.93. The molecule has 0 saturated heterocycles. The summed E-state index contributed by atoms with van der Waals surface area (Å²) in [6, 6.07) is 14.3. The third-order valence-electron chi connectivity index (χ3n) is 3.52. The van der Waals surface area contributed by atoms with E-state index in [1.165, 1.54) is 11.1 Å². The molecule has 0 bridgehead atoms. The van der Waals surface area contributed by atoms with Crippen molar-refractivity contribution in [1.29, 1.82) is 0 Å². The summed E-state index contributed by atoms with van der Waals surface area (Å²) >= 11 is 3.47. The van der Waals surface area contributed by atoms with Crippen molar-refractivity contribution in [2.45, 2.75) is 19.3 Å². The van der Waals surface area contributed by atoms with Crippen LogP contribution < -0.4 is 5.32 Å². The van der Waals surface area contributed by atoms with Crippen LogP contribution in [0, 0.1) is 6.92 Å². The standard InChI is InChI=1S/C16H14BrNO/c1-10-2-4-11(5-3-10)8-14-13-9-12(17)6-7-15(13)18-16(14)19/h2-7,9,14H,8H2,1H3,(H,18,19)/t14-/m1/s1. The van der Waals surface area contributed by atoms with Crippen molar-refractivity contribution in [2.75, 3.05) is 5.32 Å². The van der Waals surface area contributed by atoms with E-state index in [0.29, 0.717) is 0 Å². The molecule has 1 amide bonds. The maximum absolute atomic E-state index is 12.1. The fourth-order valence-electron chi connectivity index (χ4n) is 2.46. The minimum Gasteiger partial charge on any atom is -0.325 e. The summed E-state index contributed by atoms with van der Waals surface area (Å²) in [6.07, 6.45) is 0.746. The Balaban J connectivity index is 1.91. The summed E-state index contributed by atoms with van der Waals surface area (Å²) in [5.74, 6) is 0.00359. The molecule has 0 aliphatic carbocycles. The molecule has 1 aliphatic heterocycles. The second-order valence-electron chi connectivity index (χ2n) is 4.96. The van der Waals surface area contributed by atoms with Gasteiger partial charge in [0.25, 0.3) is 0 Å². The lowest BCUT2D eigenvalue weighted by Gasteiger charge is -2.09. The van der Waals surface area contributed by atoms with Gasteiger partial charge in [-0.05, 0) is 42.7 Å². The fourth-order valence-corrected chi connectivity index (χ4v) is 2.84. The van der Waals surface area contributed by atoms with Crippen LogP contribution >= 0.6 is 15.9 Å². The summed E-state index contributed by atoms with van der Waals surface area (Å²) < 4.78 is 1.01. The van der Waals surface area contributed by atoms with Gasteiger partial charge < -0.3 is 5.32 Å². The molecule has 0 spiro atoms. The number of carbonyl (C=O) groups excluding carboxylic acids is 1. The number of fused-ring (bicyclic) bond motifs is 1.